The van der Waals surface area contributed by atoms with E-state index in [-0.39, 0.29) is 5.75 Å². The van der Waals surface area contributed by atoms with Crippen LogP contribution in [0.2, 0.25) is 0 Å². The molecule has 238 valence electrons. The molecule has 0 radical (unpaired) electrons. The number of aryl methyl sites for hydroxylation is 1. The highest BCUT2D eigenvalue weighted by molar-refractivity contribution is 5.93. The van der Waals surface area contributed by atoms with E-state index in [2.05, 4.69) is 25.6 Å². The number of ether oxygens (including phenoxy) is 3. The lowest BCUT2D eigenvalue weighted by molar-refractivity contribution is -0.137. The normalized spacial score (nSPS) is 10.7. The number of carbonyl (C=O) groups is 2. The Bertz CT molecular complexity index is 1630. The van der Waals surface area contributed by atoms with Gasteiger partial charge in [-0.25, -0.2) is 14.0 Å². The van der Waals surface area contributed by atoms with Gasteiger partial charge in [-0.1, -0.05) is 56.3 Å². The maximum absolute atomic E-state index is 15.4. The van der Waals surface area contributed by atoms with E-state index < -0.39 is 17.8 Å². The number of hydrogen-bond acceptors (Lipinski definition) is 6. The number of nitrogens with one attached hydrogen (secondary N) is 1. The first kappa shape index (κ1) is 33.8. The van der Waals surface area contributed by atoms with E-state index in [0.717, 1.165) is 68.4 Å². The van der Waals surface area contributed by atoms with Gasteiger partial charge in [-0.05, 0) is 109 Å². The lowest BCUT2D eigenvalue weighted by Crippen LogP contribution is -2.09. The fourth-order valence-corrected chi connectivity index (χ4v) is 4.96. The van der Waals surface area contributed by atoms with Crippen LogP contribution in [0.3, 0.4) is 0 Å². The maximum atomic E-state index is 15.4. The van der Waals surface area contributed by atoms with Crippen molar-refractivity contribution in [1.29, 1.82) is 5.41 Å². The Morgan fingerprint density at radius 3 is 2.13 bits per heavy atom. The van der Waals surface area contributed by atoms with Gasteiger partial charge in [0.1, 0.15) is 17.3 Å². The summed E-state index contributed by atoms with van der Waals surface area (Å²) in [6.45, 7) is 6.45. The molecular weight excluding hydrogens is 581 g/mol. The summed E-state index contributed by atoms with van der Waals surface area (Å²) in [5.74, 6) is -0.452. The molecule has 6 nitrogen and oxygen atoms in total. The number of carbonyl (C=O) groups excluding carboxylic acids is 2. The molecule has 4 rings (SSSR count). The van der Waals surface area contributed by atoms with Crippen molar-refractivity contribution in [2.24, 2.45) is 0 Å². The minimum absolute atomic E-state index is 0.257. The van der Waals surface area contributed by atoms with Crippen molar-refractivity contribution in [3.05, 3.63) is 120 Å². The minimum atomic E-state index is -0.552. The van der Waals surface area contributed by atoms with Crippen LogP contribution in [0.25, 0.3) is 22.3 Å². The zero-order valence-electron chi connectivity index (χ0n) is 26.2. The van der Waals surface area contributed by atoms with E-state index in [9.17, 15) is 9.59 Å². The van der Waals surface area contributed by atoms with E-state index in [1.54, 1.807) is 48.5 Å². The highest BCUT2D eigenvalue weighted by Crippen LogP contribution is 2.32. The predicted octanol–water partition coefficient (Wildman–Crippen LogP) is 9.39. The fourth-order valence-electron chi connectivity index (χ4n) is 4.96. The van der Waals surface area contributed by atoms with Crippen LogP contribution in [0.5, 0.6) is 11.5 Å². The summed E-state index contributed by atoms with van der Waals surface area (Å²) in [6, 6.07) is 24.8. The monoisotopic (exact) mass is 621 g/mol. The molecule has 0 aliphatic rings. The largest absolute Gasteiger partial charge is 0.494 e. The molecule has 0 fully saturated rings. The lowest BCUT2D eigenvalue weighted by atomic mass is 9.96. The first-order valence-corrected chi connectivity index (χ1v) is 15.7. The van der Waals surface area contributed by atoms with Crippen LogP contribution < -0.4 is 9.47 Å². The third-order valence-electron chi connectivity index (χ3n) is 7.56. The summed E-state index contributed by atoms with van der Waals surface area (Å²) in [5, 5.41) is 7.93. The number of halogens is 1. The van der Waals surface area contributed by atoms with Crippen LogP contribution in [0, 0.1) is 11.2 Å². The molecule has 0 heterocycles. The molecule has 7 heteroatoms. The van der Waals surface area contributed by atoms with E-state index >= 15 is 4.39 Å². The molecule has 4 aromatic rings. The Morgan fingerprint density at radius 2 is 1.46 bits per heavy atom. The van der Waals surface area contributed by atoms with Crippen LogP contribution in [-0.2, 0) is 16.0 Å². The molecule has 0 saturated heterocycles. The molecule has 0 spiro atoms. The van der Waals surface area contributed by atoms with E-state index in [4.69, 9.17) is 19.6 Å². The number of hydrogen-bond donors (Lipinski definition) is 1. The molecular formula is C39H40FNO5. The van der Waals surface area contributed by atoms with Gasteiger partial charge in [-0.3, -0.25) is 0 Å². The molecule has 0 amide bonds. The molecule has 0 aliphatic heterocycles. The molecule has 0 unspecified atom stereocenters. The maximum Gasteiger partial charge on any atom is 0.343 e. The van der Waals surface area contributed by atoms with Gasteiger partial charge in [-0.2, -0.15) is 0 Å². The zero-order valence-corrected chi connectivity index (χ0v) is 26.2. The summed E-state index contributed by atoms with van der Waals surface area (Å²) in [6.07, 6.45) is 9.11. The zero-order chi connectivity index (χ0) is 32.7. The smallest absolute Gasteiger partial charge is 0.343 e. The summed E-state index contributed by atoms with van der Waals surface area (Å²) in [4.78, 5) is 23.8. The van der Waals surface area contributed by atoms with Crippen molar-refractivity contribution in [3.8, 4) is 33.8 Å². The van der Waals surface area contributed by atoms with Crippen LogP contribution in [0.4, 0.5) is 4.39 Å². The van der Waals surface area contributed by atoms with Gasteiger partial charge in [0.2, 0.25) is 0 Å². The van der Waals surface area contributed by atoms with Crippen molar-refractivity contribution in [2.75, 3.05) is 13.2 Å². The topological polar surface area (TPSA) is 85.7 Å². The first-order chi connectivity index (χ1) is 22.4. The molecule has 0 aliphatic carbocycles. The number of unbranched alkanes of at least 4 members (excludes halogenated alkanes) is 4. The van der Waals surface area contributed by atoms with Crippen molar-refractivity contribution >= 4 is 18.2 Å². The standard InChI is InChI=1S/C39H40FNO5/c1-3-5-10-28-11-13-29(14-12-28)31-17-21-36(37(40)26-31)35-22-20-34(25-32(35)27-41)46-39(43)30-15-18-33(19-16-30)44-23-8-6-7-9-24-45-38(42)4-2/h4,11-22,25-27,41H,2-3,5-10,23-24H2,1H3. The molecule has 0 bridgehead atoms. The Hall–Kier alpha value is -5.04. The van der Waals surface area contributed by atoms with Gasteiger partial charge in [0.15, 0.2) is 0 Å². The second kappa shape index (κ2) is 17.4. The van der Waals surface area contributed by atoms with Gasteiger partial charge in [0.05, 0.1) is 18.8 Å². The first-order valence-electron chi connectivity index (χ1n) is 15.7. The van der Waals surface area contributed by atoms with E-state index in [1.165, 1.54) is 11.6 Å². The van der Waals surface area contributed by atoms with Crippen LogP contribution in [0.15, 0.2) is 97.6 Å². The second-order valence-corrected chi connectivity index (χ2v) is 10.9. The Kier molecular flexibility index (Phi) is 12.8. The van der Waals surface area contributed by atoms with Crippen LogP contribution in [0.1, 0.15) is 66.9 Å². The van der Waals surface area contributed by atoms with E-state index in [1.807, 2.05) is 18.2 Å². The number of rotatable bonds is 17. The van der Waals surface area contributed by atoms with Crippen molar-refractivity contribution in [1.82, 2.24) is 0 Å². The summed E-state index contributed by atoms with van der Waals surface area (Å²) >= 11 is 0. The van der Waals surface area contributed by atoms with Crippen molar-refractivity contribution < 1.29 is 28.2 Å². The van der Waals surface area contributed by atoms with Gasteiger partial charge < -0.3 is 19.6 Å². The summed E-state index contributed by atoms with van der Waals surface area (Å²) in [5.41, 5.74) is 4.67. The number of benzene rings is 4. The van der Waals surface area contributed by atoms with Crippen molar-refractivity contribution in [2.45, 2.75) is 51.9 Å². The molecule has 0 aromatic heterocycles. The molecule has 0 saturated carbocycles. The quantitative estimate of drug-likeness (QED) is 0.0417. The summed E-state index contributed by atoms with van der Waals surface area (Å²) < 4.78 is 31.6. The Labute approximate surface area is 270 Å². The second-order valence-electron chi connectivity index (χ2n) is 10.9. The third kappa shape index (κ3) is 9.73. The van der Waals surface area contributed by atoms with Crippen LogP contribution >= 0.6 is 0 Å². The van der Waals surface area contributed by atoms with Crippen LogP contribution in [-0.4, -0.2) is 31.4 Å². The SMILES string of the molecule is C=CC(=O)OCCCCCCOc1ccc(C(=O)Oc2ccc(-c3ccc(-c4ccc(CCCC)cc4)cc3F)c(C=N)c2)cc1. The predicted molar refractivity (Wildman–Crippen MR) is 180 cm³/mol. The highest BCUT2D eigenvalue weighted by atomic mass is 19.1. The minimum Gasteiger partial charge on any atom is -0.494 e. The Morgan fingerprint density at radius 1 is 0.783 bits per heavy atom. The molecule has 1 N–H and O–H groups in total. The van der Waals surface area contributed by atoms with Crippen molar-refractivity contribution in [3.63, 3.8) is 0 Å². The lowest BCUT2D eigenvalue weighted by Gasteiger charge is -2.12. The Balaban J connectivity index is 1.31. The van der Waals surface area contributed by atoms with Gasteiger partial charge >= 0.3 is 11.9 Å². The average molecular weight is 622 g/mol. The average Bonchev–Trinajstić information content (AvgIpc) is 3.08. The van der Waals surface area contributed by atoms with Gasteiger partial charge in [-0.15, -0.1) is 0 Å². The van der Waals surface area contributed by atoms with Gasteiger partial charge in [0.25, 0.3) is 0 Å². The number of esters is 2. The van der Waals surface area contributed by atoms with E-state index in [0.29, 0.717) is 41.2 Å². The molecule has 4 aromatic carbocycles. The molecule has 46 heavy (non-hydrogen) atoms. The third-order valence-corrected chi connectivity index (χ3v) is 7.56. The fraction of sp³-hybridized carbons (Fsp3) is 0.256. The summed E-state index contributed by atoms with van der Waals surface area (Å²) in [7, 11) is 0. The highest BCUT2D eigenvalue weighted by Gasteiger charge is 2.14. The van der Waals surface area contributed by atoms with Gasteiger partial charge in [0, 0.05) is 23.4 Å². The molecule has 0 atom stereocenters.